The van der Waals surface area contributed by atoms with Crippen molar-refractivity contribution in [2.75, 3.05) is 16.8 Å². The molecule has 0 atom stereocenters. The minimum atomic E-state index is 0.0109. The average Bonchev–Trinajstić information content (AvgIpc) is 3.43. The molecule has 0 radical (unpaired) electrons. The van der Waals surface area contributed by atoms with Crippen molar-refractivity contribution in [3.63, 3.8) is 0 Å². The number of rotatable bonds is 4. The zero-order valence-electron chi connectivity index (χ0n) is 24.5. The van der Waals surface area contributed by atoms with Crippen molar-refractivity contribution in [2.24, 2.45) is 5.41 Å². The normalized spacial score (nSPS) is 15.1. The highest BCUT2D eigenvalue weighted by molar-refractivity contribution is 6.04. The van der Waals surface area contributed by atoms with Gasteiger partial charge in [-0.1, -0.05) is 75.2 Å². The monoisotopic (exact) mass is 550 g/mol. The van der Waals surface area contributed by atoms with Crippen LogP contribution in [-0.4, -0.2) is 18.3 Å². The van der Waals surface area contributed by atoms with Crippen LogP contribution < -0.4 is 19.1 Å². The van der Waals surface area contributed by atoms with Gasteiger partial charge in [-0.2, -0.15) is 0 Å². The summed E-state index contributed by atoms with van der Waals surface area (Å²) in [5.41, 5.74) is 6.70. The van der Waals surface area contributed by atoms with Crippen LogP contribution in [0.1, 0.15) is 20.8 Å². The van der Waals surface area contributed by atoms with Crippen molar-refractivity contribution >= 4 is 45.6 Å². The number of para-hydroxylation sites is 3. The van der Waals surface area contributed by atoms with Gasteiger partial charge in [0, 0.05) is 19.8 Å². The van der Waals surface area contributed by atoms with Gasteiger partial charge in [-0.3, -0.25) is 14.0 Å². The average molecular weight is 551 g/mol. The van der Waals surface area contributed by atoms with Crippen LogP contribution in [0.5, 0.6) is 11.5 Å². The van der Waals surface area contributed by atoms with Crippen LogP contribution in [0.15, 0.2) is 127 Å². The quantitative estimate of drug-likeness (QED) is 0.166. The lowest BCUT2D eigenvalue weighted by molar-refractivity contribution is -0.730. The lowest BCUT2D eigenvalue weighted by Crippen LogP contribution is -2.45. The molecule has 5 heteroatoms. The van der Waals surface area contributed by atoms with E-state index in [1.807, 2.05) is 36.0 Å². The molecule has 2 aliphatic heterocycles. The van der Waals surface area contributed by atoms with Gasteiger partial charge in [0.15, 0.2) is 0 Å². The fraction of sp³-hybridized carbons (Fsp3) is 0.135. The van der Waals surface area contributed by atoms with Crippen LogP contribution in [0, 0.1) is 11.6 Å². The maximum atomic E-state index is 6.53. The van der Waals surface area contributed by atoms with E-state index in [2.05, 4.69) is 133 Å². The van der Waals surface area contributed by atoms with E-state index in [1.165, 1.54) is 16.3 Å². The van der Waals surface area contributed by atoms with Crippen molar-refractivity contribution in [1.29, 1.82) is 0 Å². The first-order chi connectivity index (χ1) is 20.2. The van der Waals surface area contributed by atoms with Crippen molar-refractivity contribution in [3.05, 3.63) is 133 Å². The minimum Gasteiger partial charge on any atom is -0.458 e. The van der Waals surface area contributed by atoms with Gasteiger partial charge in [-0.15, -0.1) is 11.6 Å². The standard InChI is InChI=1S/C37H34N4O/c1-25-39(6)33-16-9-10-17-34(33)40(25)27-12-11-13-28(23-27)42-29-18-19-31-30-14-7-8-15-32(30)41(35(31)24-29)36-22-26(37(2,3)4)20-21-38(36)5/h7-24H,1,5H2,2-4,6H3. The van der Waals surface area contributed by atoms with Gasteiger partial charge in [0.05, 0.1) is 23.3 Å². The molecule has 0 saturated carbocycles. The first kappa shape index (κ1) is 25.8. The van der Waals surface area contributed by atoms with Gasteiger partial charge < -0.3 is 9.64 Å². The molecule has 5 aromatic rings. The Morgan fingerprint density at radius 1 is 0.857 bits per heavy atom. The molecule has 1 aromatic heterocycles. The number of nitrogens with zero attached hydrogens (tertiary/aromatic N) is 4. The van der Waals surface area contributed by atoms with Gasteiger partial charge in [0.25, 0.3) is 0 Å². The Morgan fingerprint density at radius 3 is 2.43 bits per heavy atom. The van der Waals surface area contributed by atoms with Crippen LogP contribution in [0.4, 0.5) is 17.1 Å². The lowest BCUT2D eigenvalue weighted by atomic mass is 9.85. The Labute approximate surface area is 247 Å². The van der Waals surface area contributed by atoms with Crippen molar-refractivity contribution in [3.8, 4) is 11.5 Å². The first-order valence-corrected chi connectivity index (χ1v) is 14.2. The summed E-state index contributed by atoms with van der Waals surface area (Å²) in [6, 6.07) is 31.4. The summed E-state index contributed by atoms with van der Waals surface area (Å²) in [5.74, 6) is 2.43. The second-order valence-corrected chi connectivity index (χ2v) is 11.9. The van der Waals surface area contributed by atoms with E-state index in [9.17, 15) is 0 Å². The van der Waals surface area contributed by atoms with E-state index in [4.69, 9.17) is 4.74 Å². The van der Waals surface area contributed by atoms with Gasteiger partial charge in [0.2, 0.25) is 0 Å². The summed E-state index contributed by atoms with van der Waals surface area (Å²) in [5, 5.41) is 2.36. The smallest absolute Gasteiger partial charge is 0.316 e. The second kappa shape index (κ2) is 9.45. The summed E-state index contributed by atoms with van der Waals surface area (Å²) in [6.07, 6.45) is 7.44. The fourth-order valence-electron chi connectivity index (χ4n) is 5.91. The number of aromatic nitrogens is 1. The molecule has 5 nitrogen and oxygen atoms in total. The van der Waals surface area contributed by atoms with Crippen LogP contribution in [-0.2, 0) is 0 Å². The molecule has 3 heterocycles. The Bertz CT molecular complexity index is 1970. The Morgan fingerprint density at radius 2 is 1.62 bits per heavy atom. The van der Waals surface area contributed by atoms with Gasteiger partial charge in [0.1, 0.15) is 28.4 Å². The molecule has 0 fully saturated rings. The summed E-state index contributed by atoms with van der Waals surface area (Å²) in [6.45, 7) is 15.4. The highest BCUT2D eigenvalue weighted by atomic mass is 16.5. The van der Waals surface area contributed by atoms with Gasteiger partial charge in [-0.05, 0) is 59.3 Å². The van der Waals surface area contributed by atoms with Crippen LogP contribution in [0.3, 0.4) is 0 Å². The number of hydrogen-bond acceptors (Lipinski definition) is 3. The van der Waals surface area contributed by atoms with E-state index in [1.54, 1.807) is 0 Å². The number of hydrogen-bond donors (Lipinski definition) is 0. The molecule has 0 bridgehead atoms. The van der Waals surface area contributed by atoms with E-state index >= 15 is 0 Å². The predicted molar refractivity (Wildman–Crippen MR) is 173 cm³/mol. The third kappa shape index (κ3) is 4.08. The number of benzene rings is 4. The van der Waals surface area contributed by atoms with E-state index in [-0.39, 0.29) is 5.41 Å². The Balaban J connectivity index is 1.30. The van der Waals surface area contributed by atoms with Gasteiger partial charge >= 0.3 is 6.17 Å². The number of anilines is 3. The molecule has 0 amide bonds. The molecular formula is C37H34N4O. The topological polar surface area (TPSA) is 22.6 Å². The summed E-state index contributed by atoms with van der Waals surface area (Å²) in [7, 11) is 2.04. The highest BCUT2D eigenvalue weighted by Gasteiger charge is 2.29. The second-order valence-electron chi connectivity index (χ2n) is 11.9. The molecule has 4 aromatic carbocycles. The van der Waals surface area contributed by atoms with Crippen molar-refractivity contribution in [2.45, 2.75) is 20.8 Å². The number of fused-ring (bicyclic) bond motifs is 4. The number of ether oxygens (including phenoxy) is 1. The number of allylic oxidation sites excluding steroid dienone is 2. The SMILES string of the molecule is C=C1N(C)c2ccccc2N1c1cccc(Oc2ccc3c4ccccc4[n+]([C-]4C=C(C(C)(C)C)C=C[N+]4=C)[c-]3c2)c1. The van der Waals surface area contributed by atoms with Crippen LogP contribution in [0.2, 0.25) is 0 Å². The third-order valence-corrected chi connectivity index (χ3v) is 8.19. The zero-order valence-corrected chi connectivity index (χ0v) is 24.5. The molecule has 208 valence electrons. The highest BCUT2D eigenvalue weighted by Crippen LogP contribution is 2.45. The Kier molecular flexibility index (Phi) is 5.80. The van der Waals surface area contributed by atoms with Crippen molar-refractivity contribution < 1.29 is 13.9 Å². The largest absolute Gasteiger partial charge is 0.458 e. The molecule has 0 aliphatic carbocycles. The van der Waals surface area contributed by atoms with Gasteiger partial charge in [-0.25, -0.2) is 0 Å². The molecule has 0 spiro atoms. The molecule has 2 aliphatic rings. The Hall–Kier alpha value is -5.16. The first-order valence-electron chi connectivity index (χ1n) is 14.2. The van der Waals surface area contributed by atoms with Crippen molar-refractivity contribution in [1.82, 2.24) is 0 Å². The summed E-state index contributed by atoms with van der Waals surface area (Å²) >= 11 is 0. The molecule has 0 unspecified atom stereocenters. The molecule has 7 rings (SSSR count). The zero-order chi connectivity index (χ0) is 29.2. The maximum absolute atomic E-state index is 6.53. The predicted octanol–water partition coefficient (Wildman–Crippen LogP) is 8.40. The molecular weight excluding hydrogens is 516 g/mol. The van der Waals surface area contributed by atoms with E-state index < -0.39 is 0 Å². The summed E-state index contributed by atoms with van der Waals surface area (Å²) < 4.78 is 10.8. The molecule has 0 saturated heterocycles. The lowest BCUT2D eigenvalue weighted by Gasteiger charge is -2.29. The van der Waals surface area contributed by atoms with Crippen LogP contribution in [0.25, 0.3) is 21.8 Å². The fourth-order valence-corrected chi connectivity index (χ4v) is 5.91. The van der Waals surface area contributed by atoms with Crippen LogP contribution >= 0.6 is 0 Å². The van der Waals surface area contributed by atoms with E-state index in [0.717, 1.165) is 51.6 Å². The summed E-state index contributed by atoms with van der Waals surface area (Å²) in [4.78, 5) is 4.28. The minimum absolute atomic E-state index is 0.0109. The maximum Gasteiger partial charge on any atom is 0.316 e. The molecule has 42 heavy (non-hydrogen) atoms. The van der Waals surface area contributed by atoms with E-state index in [0.29, 0.717) is 0 Å². The third-order valence-electron chi connectivity index (χ3n) is 8.19. The molecule has 0 N–H and O–H groups in total.